The number of nitrogens with two attached hydrogens (primary N) is 1. The Bertz CT molecular complexity index is 365. The van der Waals surface area contributed by atoms with Crippen molar-refractivity contribution in [2.75, 3.05) is 20.2 Å². The van der Waals surface area contributed by atoms with Crippen LogP contribution in [0.1, 0.15) is 18.9 Å². The van der Waals surface area contributed by atoms with Crippen molar-refractivity contribution in [3.63, 3.8) is 0 Å². The molecular weight excluding hydrogens is 214 g/mol. The summed E-state index contributed by atoms with van der Waals surface area (Å²) in [4.78, 5) is 2.26. The maximum absolute atomic E-state index is 7.24. The lowest BCUT2D eigenvalue weighted by molar-refractivity contribution is 0.287. The Balaban J connectivity index is 2.56. The molecule has 4 nitrogen and oxygen atoms in total. The van der Waals surface area contributed by atoms with Crippen LogP contribution in [0, 0.1) is 5.41 Å². The molecule has 0 heterocycles. The first-order valence-corrected chi connectivity index (χ1v) is 5.84. The SMILES string of the molecule is CCN(CCC(=N)N)Cc1cccc(OC)c1. The topological polar surface area (TPSA) is 62.3 Å². The summed E-state index contributed by atoms with van der Waals surface area (Å²) in [6.07, 6.45) is 0.623. The van der Waals surface area contributed by atoms with Gasteiger partial charge in [-0.3, -0.25) is 10.3 Å². The van der Waals surface area contributed by atoms with Gasteiger partial charge in [0.15, 0.2) is 0 Å². The highest BCUT2D eigenvalue weighted by Crippen LogP contribution is 2.14. The molecule has 0 radical (unpaired) electrons. The number of methoxy groups -OCH3 is 1. The lowest BCUT2D eigenvalue weighted by Crippen LogP contribution is -2.27. The largest absolute Gasteiger partial charge is 0.497 e. The Hall–Kier alpha value is -1.55. The highest BCUT2D eigenvalue weighted by Gasteiger charge is 2.05. The van der Waals surface area contributed by atoms with Gasteiger partial charge in [0.2, 0.25) is 0 Å². The molecule has 0 aliphatic heterocycles. The van der Waals surface area contributed by atoms with Gasteiger partial charge in [-0.15, -0.1) is 0 Å². The van der Waals surface area contributed by atoms with Gasteiger partial charge in [0, 0.05) is 19.5 Å². The van der Waals surface area contributed by atoms with Crippen LogP contribution in [-0.4, -0.2) is 30.9 Å². The quantitative estimate of drug-likeness (QED) is 0.560. The first kappa shape index (κ1) is 13.5. The molecule has 4 heteroatoms. The zero-order valence-electron chi connectivity index (χ0n) is 10.6. The van der Waals surface area contributed by atoms with E-state index < -0.39 is 0 Å². The zero-order valence-corrected chi connectivity index (χ0v) is 10.6. The van der Waals surface area contributed by atoms with Crippen LogP contribution in [0.3, 0.4) is 0 Å². The van der Waals surface area contributed by atoms with E-state index in [0.717, 1.165) is 25.4 Å². The molecule has 94 valence electrons. The smallest absolute Gasteiger partial charge is 0.119 e. The van der Waals surface area contributed by atoms with Gasteiger partial charge in [-0.05, 0) is 24.2 Å². The van der Waals surface area contributed by atoms with E-state index in [0.29, 0.717) is 6.42 Å². The van der Waals surface area contributed by atoms with Crippen molar-refractivity contribution < 1.29 is 4.74 Å². The predicted octanol–water partition coefficient (Wildman–Crippen LogP) is 1.84. The van der Waals surface area contributed by atoms with E-state index in [1.54, 1.807) is 7.11 Å². The van der Waals surface area contributed by atoms with Crippen LogP contribution in [0.25, 0.3) is 0 Å². The molecule has 1 aromatic rings. The molecule has 1 aromatic carbocycles. The first-order chi connectivity index (χ1) is 8.15. The van der Waals surface area contributed by atoms with Crippen LogP contribution in [-0.2, 0) is 6.54 Å². The van der Waals surface area contributed by atoms with Crippen molar-refractivity contribution in [3.8, 4) is 5.75 Å². The predicted molar refractivity (Wildman–Crippen MR) is 70.5 cm³/mol. The lowest BCUT2D eigenvalue weighted by atomic mass is 10.2. The summed E-state index contributed by atoms with van der Waals surface area (Å²) in [6.45, 7) is 4.74. The Morgan fingerprint density at radius 2 is 2.24 bits per heavy atom. The van der Waals surface area contributed by atoms with Crippen LogP contribution in [0.15, 0.2) is 24.3 Å². The van der Waals surface area contributed by atoms with E-state index in [1.165, 1.54) is 5.56 Å². The summed E-state index contributed by atoms with van der Waals surface area (Å²) in [5.41, 5.74) is 6.59. The minimum atomic E-state index is 0.245. The van der Waals surface area contributed by atoms with Crippen molar-refractivity contribution in [2.45, 2.75) is 19.9 Å². The van der Waals surface area contributed by atoms with Crippen molar-refractivity contribution in [1.29, 1.82) is 5.41 Å². The highest BCUT2D eigenvalue weighted by molar-refractivity contribution is 5.76. The fraction of sp³-hybridized carbons (Fsp3) is 0.462. The Morgan fingerprint density at radius 1 is 1.47 bits per heavy atom. The van der Waals surface area contributed by atoms with Crippen LogP contribution in [0.4, 0.5) is 0 Å². The molecular formula is C13H21N3O. The molecule has 0 aliphatic carbocycles. The summed E-state index contributed by atoms with van der Waals surface area (Å²) in [5.74, 6) is 1.12. The standard InChI is InChI=1S/C13H21N3O/c1-3-16(8-7-13(14)15)10-11-5-4-6-12(9-11)17-2/h4-6,9H,3,7-8,10H2,1-2H3,(H3,14,15). The number of benzene rings is 1. The second-order valence-electron chi connectivity index (χ2n) is 4.00. The van der Waals surface area contributed by atoms with E-state index in [9.17, 15) is 0 Å². The van der Waals surface area contributed by atoms with E-state index in [1.807, 2.05) is 18.2 Å². The molecule has 1 rings (SSSR count). The zero-order chi connectivity index (χ0) is 12.7. The molecule has 0 aliphatic rings. The molecule has 0 amide bonds. The summed E-state index contributed by atoms with van der Waals surface area (Å²) >= 11 is 0. The van der Waals surface area contributed by atoms with Gasteiger partial charge >= 0.3 is 0 Å². The number of amidine groups is 1. The van der Waals surface area contributed by atoms with E-state index in [-0.39, 0.29) is 5.84 Å². The molecule has 0 fully saturated rings. The first-order valence-electron chi connectivity index (χ1n) is 5.84. The van der Waals surface area contributed by atoms with Gasteiger partial charge in [-0.2, -0.15) is 0 Å². The summed E-state index contributed by atoms with van der Waals surface area (Å²) < 4.78 is 5.20. The second kappa shape index (κ2) is 6.91. The molecule has 0 saturated carbocycles. The Morgan fingerprint density at radius 3 is 2.82 bits per heavy atom. The molecule has 0 aromatic heterocycles. The monoisotopic (exact) mass is 235 g/mol. The van der Waals surface area contributed by atoms with Crippen LogP contribution >= 0.6 is 0 Å². The number of nitrogens with zero attached hydrogens (tertiary/aromatic N) is 1. The third-order valence-corrected chi connectivity index (χ3v) is 2.68. The van der Waals surface area contributed by atoms with Crippen LogP contribution < -0.4 is 10.5 Å². The van der Waals surface area contributed by atoms with Gasteiger partial charge in [-0.1, -0.05) is 19.1 Å². The van der Waals surface area contributed by atoms with Crippen LogP contribution in [0.2, 0.25) is 0 Å². The van der Waals surface area contributed by atoms with Gasteiger partial charge in [0.05, 0.1) is 12.9 Å². The number of hydrogen-bond acceptors (Lipinski definition) is 3. The molecule has 0 atom stereocenters. The van der Waals surface area contributed by atoms with Crippen molar-refractivity contribution in [1.82, 2.24) is 4.90 Å². The maximum atomic E-state index is 7.24. The van der Waals surface area contributed by atoms with E-state index >= 15 is 0 Å². The molecule has 0 bridgehead atoms. The van der Waals surface area contributed by atoms with Gasteiger partial charge in [0.1, 0.15) is 5.75 Å². The average molecular weight is 235 g/mol. The van der Waals surface area contributed by atoms with Gasteiger partial charge in [0.25, 0.3) is 0 Å². The number of rotatable bonds is 7. The minimum Gasteiger partial charge on any atom is -0.497 e. The van der Waals surface area contributed by atoms with Crippen LogP contribution in [0.5, 0.6) is 5.75 Å². The Kier molecular flexibility index (Phi) is 5.49. The van der Waals surface area contributed by atoms with E-state index in [4.69, 9.17) is 15.9 Å². The number of hydrogen-bond donors (Lipinski definition) is 2. The number of ether oxygens (including phenoxy) is 1. The molecule has 3 N–H and O–H groups in total. The summed E-state index contributed by atoms with van der Waals surface area (Å²) in [5, 5.41) is 7.24. The van der Waals surface area contributed by atoms with Crippen molar-refractivity contribution >= 4 is 5.84 Å². The molecule has 0 unspecified atom stereocenters. The third-order valence-electron chi connectivity index (χ3n) is 2.68. The fourth-order valence-electron chi connectivity index (χ4n) is 1.66. The molecule has 17 heavy (non-hydrogen) atoms. The minimum absolute atomic E-state index is 0.245. The second-order valence-corrected chi connectivity index (χ2v) is 4.00. The van der Waals surface area contributed by atoms with Crippen molar-refractivity contribution in [3.05, 3.63) is 29.8 Å². The molecule has 0 spiro atoms. The van der Waals surface area contributed by atoms with Gasteiger partial charge < -0.3 is 10.5 Å². The highest BCUT2D eigenvalue weighted by atomic mass is 16.5. The maximum Gasteiger partial charge on any atom is 0.119 e. The van der Waals surface area contributed by atoms with E-state index in [2.05, 4.69) is 17.9 Å². The van der Waals surface area contributed by atoms with Crippen molar-refractivity contribution in [2.24, 2.45) is 5.73 Å². The fourth-order valence-corrected chi connectivity index (χ4v) is 1.66. The lowest BCUT2D eigenvalue weighted by Gasteiger charge is -2.20. The van der Waals surface area contributed by atoms with Gasteiger partial charge in [-0.25, -0.2) is 0 Å². The summed E-state index contributed by atoms with van der Waals surface area (Å²) in [7, 11) is 1.67. The summed E-state index contributed by atoms with van der Waals surface area (Å²) in [6, 6.07) is 8.05. The normalized spacial score (nSPS) is 10.5. The Labute approximate surface area is 103 Å². The average Bonchev–Trinajstić information content (AvgIpc) is 2.34. The number of nitrogens with one attached hydrogen (secondary N) is 1. The molecule has 0 saturated heterocycles. The third kappa shape index (κ3) is 4.87.